The SMILES string of the molecule is CC1(C)C(NCCNC(=O)C2CC2)CC1c1ccccc1. The van der Waals surface area contributed by atoms with Gasteiger partial charge in [0.25, 0.3) is 0 Å². The highest BCUT2D eigenvalue weighted by molar-refractivity contribution is 5.80. The Morgan fingerprint density at radius 3 is 2.52 bits per heavy atom. The van der Waals surface area contributed by atoms with Gasteiger partial charge in [0.2, 0.25) is 5.91 Å². The van der Waals surface area contributed by atoms with Gasteiger partial charge in [0.05, 0.1) is 0 Å². The monoisotopic (exact) mass is 286 g/mol. The zero-order valence-electron chi connectivity index (χ0n) is 13.1. The van der Waals surface area contributed by atoms with E-state index in [1.54, 1.807) is 0 Å². The van der Waals surface area contributed by atoms with Gasteiger partial charge in [-0.1, -0.05) is 44.2 Å². The summed E-state index contributed by atoms with van der Waals surface area (Å²) in [7, 11) is 0. The van der Waals surface area contributed by atoms with Gasteiger partial charge in [0, 0.05) is 25.0 Å². The van der Waals surface area contributed by atoms with Gasteiger partial charge in [0.15, 0.2) is 0 Å². The first-order valence-electron chi connectivity index (χ1n) is 8.15. The summed E-state index contributed by atoms with van der Waals surface area (Å²) in [5.41, 5.74) is 1.73. The van der Waals surface area contributed by atoms with Crippen molar-refractivity contribution in [1.29, 1.82) is 0 Å². The number of hydrogen-bond acceptors (Lipinski definition) is 2. The molecule has 0 aromatic heterocycles. The molecular weight excluding hydrogens is 260 g/mol. The maximum atomic E-state index is 11.6. The molecule has 1 aromatic carbocycles. The van der Waals surface area contributed by atoms with Gasteiger partial charge in [-0.3, -0.25) is 4.79 Å². The zero-order chi connectivity index (χ0) is 14.9. The number of amides is 1. The van der Waals surface area contributed by atoms with Crippen LogP contribution in [0, 0.1) is 11.3 Å². The highest BCUT2D eigenvalue weighted by Gasteiger charge is 2.48. The van der Waals surface area contributed by atoms with Gasteiger partial charge >= 0.3 is 0 Å². The molecule has 0 radical (unpaired) electrons. The second-order valence-corrected chi connectivity index (χ2v) is 7.09. The summed E-state index contributed by atoms with van der Waals surface area (Å²) in [5, 5.41) is 6.63. The molecule has 2 aliphatic carbocycles. The summed E-state index contributed by atoms with van der Waals surface area (Å²) in [6.45, 7) is 6.30. The van der Waals surface area contributed by atoms with E-state index in [1.807, 2.05) is 0 Å². The molecule has 0 aliphatic heterocycles. The van der Waals surface area contributed by atoms with E-state index in [-0.39, 0.29) is 11.3 Å². The molecule has 3 rings (SSSR count). The fraction of sp³-hybridized carbons (Fsp3) is 0.611. The Labute approximate surface area is 127 Å². The Morgan fingerprint density at radius 1 is 1.19 bits per heavy atom. The molecule has 2 saturated carbocycles. The van der Waals surface area contributed by atoms with E-state index in [2.05, 4.69) is 54.8 Å². The van der Waals surface area contributed by atoms with E-state index >= 15 is 0 Å². The van der Waals surface area contributed by atoms with Gasteiger partial charge in [-0.15, -0.1) is 0 Å². The molecule has 0 heterocycles. The Bertz CT molecular complexity index is 493. The number of carbonyl (C=O) groups excluding carboxylic acids is 1. The van der Waals surface area contributed by atoms with E-state index in [0.717, 1.165) is 25.9 Å². The molecular formula is C18H26N2O. The second-order valence-electron chi connectivity index (χ2n) is 7.09. The largest absolute Gasteiger partial charge is 0.355 e. The summed E-state index contributed by atoms with van der Waals surface area (Å²) < 4.78 is 0. The summed E-state index contributed by atoms with van der Waals surface area (Å²) in [6, 6.07) is 11.3. The Kier molecular flexibility index (Phi) is 4.03. The van der Waals surface area contributed by atoms with Crippen LogP contribution >= 0.6 is 0 Å². The van der Waals surface area contributed by atoms with Crippen molar-refractivity contribution in [1.82, 2.24) is 10.6 Å². The number of benzene rings is 1. The molecule has 2 aliphatic rings. The van der Waals surface area contributed by atoms with E-state index in [9.17, 15) is 4.79 Å². The van der Waals surface area contributed by atoms with Crippen LogP contribution in [0.2, 0.25) is 0 Å². The zero-order valence-corrected chi connectivity index (χ0v) is 13.1. The maximum Gasteiger partial charge on any atom is 0.223 e. The average Bonchev–Trinajstić information content (AvgIpc) is 3.31. The molecule has 2 atom stereocenters. The maximum absolute atomic E-state index is 11.6. The Hall–Kier alpha value is -1.35. The number of rotatable bonds is 6. The van der Waals surface area contributed by atoms with E-state index in [4.69, 9.17) is 0 Å². The quantitative estimate of drug-likeness (QED) is 0.789. The predicted octanol–water partition coefficient (Wildman–Crippen LogP) is 2.68. The third-order valence-corrected chi connectivity index (χ3v) is 5.23. The standard InChI is InChI=1S/C18H26N2O/c1-18(2)15(13-6-4-3-5-7-13)12-16(18)19-10-11-20-17(21)14-8-9-14/h3-7,14-16,19H,8-12H2,1-2H3,(H,20,21). The van der Waals surface area contributed by atoms with Gasteiger partial charge in [-0.2, -0.15) is 0 Å². The fourth-order valence-corrected chi connectivity index (χ4v) is 3.44. The first-order valence-corrected chi connectivity index (χ1v) is 8.15. The third kappa shape index (κ3) is 3.13. The first kappa shape index (κ1) is 14.6. The molecule has 2 unspecified atom stereocenters. The fourth-order valence-electron chi connectivity index (χ4n) is 3.44. The summed E-state index contributed by atoms with van der Waals surface area (Å²) >= 11 is 0. The summed E-state index contributed by atoms with van der Waals surface area (Å²) in [4.78, 5) is 11.6. The van der Waals surface area contributed by atoms with Crippen molar-refractivity contribution in [2.75, 3.05) is 13.1 Å². The smallest absolute Gasteiger partial charge is 0.223 e. The Balaban J connectivity index is 1.42. The molecule has 3 nitrogen and oxygen atoms in total. The molecule has 114 valence electrons. The van der Waals surface area contributed by atoms with Crippen molar-refractivity contribution in [3.8, 4) is 0 Å². The average molecular weight is 286 g/mol. The van der Waals surface area contributed by atoms with E-state index in [0.29, 0.717) is 17.9 Å². The molecule has 0 saturated heterocycles. The predicted molar refractivity (Wildman–Crippen MR) is 85.1 cm³/mol. The van der Waals surface area contributed by atoms with Crippen LogP contribution in [0.3, 0.4) is 0 Å². The van der Waals surface area contributed by atoms with Crippen LogP contribution in [0.1, 0.15) is 44.6 Å². The molecule has 1 aromatic rings. The molecule has 2 N–H and O–H groups in total. The molecule has 1 amide bonds. The Morgan fingerprint density at radius 2 is 1.90 bits per heavy atom. The van der Waals surface area contributed by atoms with Crippen LogP contribution in [0.25, 0.3) is 0 Å². The highest BCUT2D eigenvalue weighted by atomic mass is 16.2. The topological polar surface area (TPSA) is 41.1 Å². The van der Waals surface area contributed by atoms with Crippen molar-refractivity contribution >= 4 is 5.91 Å². The van der Waals surface area contributed by atoms with Crippen LogP contribution in [0.4, 0.5) is 0 Å². The van der Waals surface area contributed by atoms with Crippen molar-refractivity contribution in [2.24, 2.45) is 11.3 Å². The number of carbonyl (C=O) groups is 1. The van der Waals surface area contributed by atoms with Crippen molar-refractivity contribution in [3.63, 3.8) is 0 Å². The van der Waals surface area contributed by atoms with Crippen LogP contribution in [-0.2, 0) is 4.79 Å². The van der Waals surface area contributed by atoms with Gasteiger partial charge < -0.3 is 10.6 Å². The molecule has 2 fully saturated rings. The lowest BCUT2D eigenvalue weighted by molar-refractivity contribution is -0.122. The normalized spacial score (nSPS) is 27.0. The van der Waals surface area contributed by atoms with Crippen molar-refractivity contribution in [3.05, 3.63) is 35.9 Å². The van der Waals surface area contributed by atoms with Crippen LogP contribution in [0.5, 0.6) is 0 Å². The molecule has 0 spiro atoms. The van der Waals surface area contributed by atoms with Crippen molar-refractivity contribution in [2.45, 2.75) is 45.1 Å². The molecule has 0 bridgehead atoms. The lowest BCUT2D eigenvalue weighted by atomic mass is 9.56. The molecule has 21 heavy (non-hydrogen) atoms. The lowest BCUT2D eigenvalue weighted by Crippen LogP contribution is -2.56. The number of hydrogen-bond donors (Lipinski definition) is 2. The molecule has 3 heteroatoms. The first-order chi connectivity index (χ1) is 10.1. The minimum atomic E-state index is 0.242. The minimum Gasteiger partial charge on any atom is -0.355 e. The second kappa shape index (κ2) is 5.80. The van der Waals surface area contributed by atoms with Gasteiger partial charge in [-0.25, -0.2) is 0 Å². The minimum absolute atomic E-state index is 0.242. The van der Waals surface area contributed by atoms with E-state index in [1.165, 1.54) is 12.0 Å². The van der Waals surface area contributed by atoms with Crippen LogP contribution in [0.15, 0.2) is 30.3 Å². The van der Waals surface area contributed by atoms with Gasteiger partial charge in [-0.05, 0) is 36.2 Å². The van der Waals surface area contributed by atoms with Crippen LogP contribution < -0.4 is 10.6 Å². The summed E-state index contributed by atoms with van der Waals surface area (Å²) in [6.07, 6.45) is 3.34. The van der Waals surface area contributed by atoms with Crippen LogP contribution in [-0.4, -0.2) is 25.0 Å². The number of nitrogens with one attached hydrogen (secondary N) is 2. The lowest BCUT2D eigenvalue weighted by Gasteiger charge is -2.53. The van der Waals surface area contributed by atoms with Crippen molar-refractivity contribution < 1.29 is 4.79 Å². The van der Waals surface area contributed by atoms with E-state index < -0.39 is 0 Å². The third-order valence-electron chi connectivity index (χ3n) is 5.23. The van der Waals surface area contributed by atoms with Gasteiger partial charge in [0.1, 0.15) is 0 Å². The summed E-state index contributed by atoms with van der Waals surface area (Å²) in [5.74, 6) is 1.19. The highest BCUT2D eigenvalue weighted by Crippen LogP contribution is 2.52.